The van der Waals surface area contributed by atoms with Crippen LogP contribution >= 0.6 is 0 Å². The van der Waals surface area contributed by atoms with Gasteiger partial charge in [0.1, 0.15) is 17.3 Å². The van der Waals surface area contributed by atoms with E-state index >= 15 is 0 Å². The average Bonchev–Trinajstić information content (AvgIpc) is 3.00. The third-order valence-electron chi connectivity index (χ3n) is 5.46. The van der Waals surface area contributed by atoms with Gasteiger partial charge in [-0.05, 0) is 51.3 Å². The van der Waals surface area contributed by atoms with E-state index in [2.05, 4.69) is 14.9 Å². The normalized spacial score (nSPS) is 15.9. The van der Waals surface area contributed by atoms with Crippen molar-refractivity contribution in [1.82, 2.24) is 19.2 Å². The number of aromatic nitrogens is 2. The van der Waals surface area contributed by atoms with Crippen molar-refractivity contribution in [3.8, 4) is 5.75 Å². The van der Waals surface area contributed by atoms with Gasteiger partial charge < -0.3 is 14.6 Å². The maximum absolute atomic E-state index is 12.8. The Morgan fingerprint density at radius 2 is 1.97 bits per heavy atom. The summed E-state index contributed by atoms with van der Waals surface area (Å²) in [5.41, 5.74) is 2.18. The molecular weight excluding hydrogens is 404 g/mol. The molecule has 1 aromatic heterocycles. The van der Waals surface area contributed by atoms with Crippen molar-refractivity contribution in [3.63, 3.8) is 0 Å². The van der Waals surface area contributed by atoms with E-state index < -0.39 is 10.0 Å². The van der Waals surface area contributed by atoms with E-state index in [0.717, 1.165) is 22.8 Å². The molecule has 3 rings (SSSR count). The van der Waals surface area contributed by atoms with Gasteiger partial charge in [-0.3, -0.25) is 4.79 Å². The van der Waals surface area contributed by atoms with Crippen LogP contribution in [-0.4, -0.2) is 54.1 Å². The van der Waals surface area contributed by atoms with Gasteiger partial charge in [-0.1, -0.05) is 12.1 Å². The topological polar surface area (TPSA) is 93.5 Å². The fraction of sp³-hybridized carbons (Fsp3) is 0.524. The monoisotopic (exact) mass is 434 g/mol. The number of rotatable bonds is 7. The Bertz CT molecular complexity index is 1010. The van der Waals surface area contributed by atoms with Gasteiger partial charge in [0.05, 0.1) is 12.9 Å². The summed E-state index contributed by atoms with van der Waals surface area (Å²) in [5, 5.41) is 2.94. The first-order chi connectivity index (χ1) is 14.2. The van der Waals surface area contributed by atoms with Crippen LogP contribution in [-0.2, 0) is 16.6 Å². The van der Waals surface area contributed by atoms with Gasteiger partial charge in [0, 0.05) is 31.4 Å². The smallest absolute Gasteiger partial charge is 0.272 e. The van der Waals surface area contributed by atoms with Gasteiger partial charge in [0.2, 0.25) is 10.0 Å². The third-order valence-corrected chi connectivity index (χ3v) is 6.76. The van der Waals surface area contributed by atoms with Crippen LogP contribution in [0.25, 0.3) is 0 Å². The molecule has 2 aromatic rings. The molecule has 8 nitrogen and oxygen atoms in total. The zero-order chi connectivity index (χ0) is 21.9. The molecule has 9 heteroatoms. The molecule has 0 radical (unpaired) electrons. The summed E-state index contributed by atoms with van der Waals surface area (Å²) in [6.07, 6.45) is 2.65. The molecule has 1 aliphatic heterocycles. The maximum atomic E-state index is 12.8. The number of carbonyl (C=O) groups is 1. The van der Waals surface area contributed by atoms with Crippen molar-refractivity contribution in [2.45, 2.75) is 46.2 Å². The number of ether oxygens (including phenoxy) is 1. The van der Waals surface area contributed by atoms with E-state index in [-0.39, 0.29) is 11.9 Å². The molecular formula is C21H30N4O4S. The summed E-state index contributed by atoms with van der Waals surface area (Å²) in [6.45, 7) is 7.66. The molecule has 164 valence electrons. The number of nitrogens with one attached hydrogen (secondary N) is 1. The Hall–Kier alpha value is -2.39. The van der Waals surface area contributed by atoms with Gasteiger partial charge in [-0.25, -0.2) is 17.7 Å². The highest BCUT2D eigenvalue weighted by atomic mass is 32.2. The zero-order valence-electron chi connectivity index (χ0n) is 18.0. The number of imidazole rings is 1. The Labute approximate surface area is 178 Å². The Balaban J connectivity index is 1.68. The lowest BCUT2D eigenvalue weighted by atomic mass is 10.1. The first kappa shape index (κ1) is 22.3. The van der Waals surface area contributed by atoms with Gasteiger partial charge in [-0.2, -0.15) is 0 Å². The van der Waals surface area contributed by atoms with Gasteiger partial charge in [0.15, 0.2) is 0 Å². The van der Waals surface area contributed by atoms with Crippen molar-refractivity contribution < 1.29 is 17.9 Å². The van der Waals surface area contributed by atoms with Crippen molar-refractivity contribution >= 4 is 15.9 Å². The summed E-state index contributed by atoms with van der Waals surface area (Å²) in [5.74, 6) is 1.33. The van der Waals surface area contributed by atoms with E-state index in [1.807, 2.05) is 45.0 Å². The van der Waals surface area contributed by atoms with E-state index in [0.29, 0.717) is 44.8 Å². The van der Waals surface area contributed by atoms with Crippen molar-refractivity contribution in [1.29, 1.82) is 0 Å². The standard InChI is InChI=1S/C21H30N4O4S/c1-5-29-19-8-6-7-17(13-19)14-22-21(26)20-15(2)25(16(3)23-20)18-9-11-24(12-10-18)30(4,27)28/h6-8,13,18H,5,9-12,14H2,1-4H3,(H,22,26). The highest BCUT2D eigenvalue weighted by Gasteiger charge is 2.29. The second kappa shape index (κ2) is 9.18. The van der Waals surface area contributed by atoms with E-state index in [4.69, 9.17) is 4.74 Å². The molecule has 2 heterocycles. The molecule has 0 saturated carbocycles. The molecule has 30 heavy (non-hydrogen) atoms. The lowest BCUT2D eigenvalue weighted by molar-refractivity contribution is 0.0945. The Morgan fingerprint density at radius 1 is 1.27 bits per heavy atom. The molecule has 1 amide bonds. The lowest BCUT2D eigenvalue weighted by Crippen LogP contribution is -2.38. The van der Waals surface area contributed by atoms with Crippen LogP contribution < -0.4 is 10.1 Å². The van der Waals surface area contributed by atoms with Crippen LogP contribution in [0.2, 0.25) is 0 Å². The fourth-order valence-corrected chi connectivity index (χ4v) is 4.89. The highest BCUT2D eigenvalue weighted by Crippen LogP contribution is 2.28. The van der Waals surface area contributed by atoms with Gasteiger partial charge in [-0.15, -0.1) is 0 Å². The summed E-state index contributed by atoms with van der Waals surface area (Å²) in [7, 11) is -3.17. The predicted molar refractivity (Wildman–Crippen MR) is 115 cm³/mol. The van der Waals surface area contributed by atoms with Gasteiger partial charge >= 0.3 is 0 Å². The predicted octanol–water partition coefficient (Wildman–Crippen LogP) is 2.43. The maximum Gasteiger partial charge on any atom is 0.272 e. The van der Waals surface area contributed by atoms with Crippen LogP contribution in [0.15, 0.2) is 24.3 Å². The van der Waals surface area contributed by atoms with E-state index in [9.17, 15) is 13.2 Å². The molecule has 1 fully saturated rings. The van der Waals surface area contributed by atoms with Gasteiger partial charge in [0.25, 0.3) is 5.91 Å². The first-order valence-corrected chi connectivity index (χ1v) is 12.1. The highest BCUT2D eigenvalue weighted by molar-refractivity contribution is 7.88. The number of benzene rings is 1. The number of nitrogens with zero attached hydrogens (tertiary/aromatic N) is 3. The number of hydrogen-bond acceptors (Lipinski definition) is 5. The average molecular weight is 435 g/mol. The molecule has 0 bridgehead atoms. The van der Waals surface area contributed by atoms with E-state index in [1.54, 1.807) is 0 Å². The largest absolute Gasteiger partial charge is 0.494 e. The molecule has 1 aromatic carbocycles. The number of carbonyl (C=O) groups excluding carboxylic acids is 1. The molecule has 1 saturated heterocycles. The quantitative estimate of drug-likeness (QED) is 0.722. The van der Waals surface area contributed by atoms with Crippen LogP contribution in [0.1, 0.15) is 53.4 Å². The summed E-state index contributed by atoms with van der Waals surface area (Å²) in [6, 6.07) is 7.78. The van der Waals surface area contributed by atoms with Crippen LogP contribution in [0.4, 0.5) is 0 Å². The SMILES string of the molecule is CCOc1cccc(CNC(=O)c2nc(C)n(C3CCN(S(C)(=O)=O)CC3)c2C)c1. The Morgan fingerprint density at radius 3 is 2.60 bits per heavy atom. The molecule has 1 aliphatic rings. The van der Waals surface area contributed by atoms with Crippen molar-refractivity contribution in [2.75, 3.05) is 26.0 Å². The summed E-state index contributed by atoms with van der Waals surface area (Å²) < 4.78 is 32.6. The second-order valence-corrected chi connectivity index (χ2v) is 9.60. The summed E-state index contributed by atoms with van der Waals surface area (Å²) >= 11 is 0. The molecule has 0 unspecified atom stereocenters. The van der Waals surface area contributed by atoms with E-state index in [1.165, 1.54) is 10.6 Å². The minimum atomic E-state index is -3.17. The van der Waals surface area contributed by atoms with Crippen LogP contribution in [0.5, 0.6) is 5.75 Å². The molecule has 0 atom stereocenters. The number of piperidine rings is 1. The van der Waals surface area contributed by atoms with Crippen LogP contribution in [0, 0.1) is 13.8 Å². The zero-order valence-corrected chi connectivity index (χ0v) is 18.8. The van der Waals surface area contributed by atoms with Crippen LogP contribution in [0.3, 0.4) is 0 Å². The molecule has 1 N–H and O–H groups in total. The van der Waals surface area contributed by atoms with Crippen molar-refractivity contribution in [2.24, 2.45) is 0 Å². The number of hydrogen-bond donors (Lipinski definition) is 1. The Kier molecular flexibility index (Phi) is 6.82. The third kappa shape index (κ3) is 5.02. The summed E-state index contributed by atoms with van der Waals surface area (Å²) in [4.78, 5) is 17.3. The minimum absolute atomic E-state index is 0.139. The second-order valence-electron chi connectivity index (χ2n) is 7.62. The lowest BCUT2D eigenvalue weighted by Gasteiger charge is -2.32. The number of sulfonamides is 1. The number of amides is 1. The first-order valence-electron chi connectivity index (χ1n) is 10.2. The number of aryl methyl sites for hydroxylation is 1. The van der Waals surface area contributed by atoms with Crippen molar-refractivity contribution in [3.05, 3.63) is 47.0 Å². The fourth-order valence-electron chi connectivity index (χ4n) is 4.02. The molecule has 0 aliphatic carbocycles. The molecule has 0 spiro atoms. The minimum Gasteiger partial charge on any atom is -0.494 e.